The van der Waals surface area contributed by atoms with E-state index >= 15 is 0 Å². The monoisotopic (exact) mass is 288 g/mol. The number of aryl methyl sites for hydroxylation is 1. The lowest BCUT2D eigenvalue weighted by Crippen LogP contribution is -2.55. The quantitative estimate of drug-likeness (QED) is 0.926. The van der Waals surface area contributed by atoms with Gasteiger partial charge in [0, 0.05) is 7.05 Å². The first-order valence-electron chi connectivity index (χ1n) is 8.62. The highest BCUT2D eigenvalue weighted by molar-refractivity contribution is 5.16. The van der Waals surface area contributed by atoms with Crippen LogP contribution < -0.4 is 5.32 Å². The first-order valence-corrected chi connectivity index (χ1v) is 8.62. The molecule has 5 rings (SSSR count). The van der Waals surface area contributed by atoms with Gasteiger partial charge in [0.05, 0.1) is 17.9 Å². The molecule has 4 nitrogen and oxygen atoms in total. The van der Waals surface area contributed by atoms with Crippen LogP contribution in [0.3, 0.4) is 0 Å². The summed E-state index contributed by atoms with van der Waals surface area (Å²) in [5, 5.41) is 12.1. The average Bonchev–Trinajstić information content (AvgIpc) is 2.78. The van der Waals surface area contributed by atoms with Crippen molar-refractivity contribution in [2.75, 3.05) is 6.54 Å². The van der Waals surface area contributed by atoms with Gasteiger partial charge < -0.3 is 5.32 Å². The van der Waals surface area contributed by atoms with Gasteiger partial charge in [-0.25, -0.2) is 0 Å². The molecule has 21 heavy (non-hydrogen) atoms. The van der Waals surface area contributed by atoms with Crippen LogP contribution in [0.2, 0.25) is 0 Å². The van der Waals surface area contributed by atoms with E-state index in [2.05, 4.69) is 29.5 Å². The predicted molar refractivity (Wildman–Crippen MR) is 82.6 cm³/mol. The fourth-order valence-corrected chi connectivity index (χ4v) is 6.53. The lowest BCUT2D eigenvalue weighted by atomic mass is 9.43. The summed E-state index contributed by atoms with van der Waals surface area (Å²) < 4.78 is 1.98. The fraction of sp³-hybridized carbons (Fsp3) is 0.882. The van der Waals surface area contributed by atoms with Crippen LogP contribution in [0.5, 0.6) is 0 Å². The molecule has 3 unspecified atom stereocenters. The van der Waals surface area contributed by atoms with Crippen molar-refractivity contribution in [2.45, 2.75) is 58.4 Å². The van der Waals surface area contributed by atoms with Crippen LogP contribution in [0.1, 0.15) is 64.1 Å². The minimum Gasteiger partial charge on any atom is -0.308 e. The Morgan fingerprint density at radius 1 is 1.33 bits per heavy atom. The van der Waals surface area contributed by atoms with Gasteiger partial charge in [-0.1, -0.05) is 19.1 Å². The van der Waals surface area contributed by atoms with E-state index < -0.39 is 0 Å². The SMILES string of the molecule is CCNC(c1cnnn1C)C12CC3CC(CC(C)(C3)C1)C2. The Morgan fingerprint density at radius 2 is 2.05 bits per heavy atom. The van der Waals surface area contributed by atoms with Gasteiger partial charge in [0.15, 0.2) is 0 Å². The van der Waals surface area contributed by atoms with E-state index in [1.54, 1.807) is 0 Å². The van der Waals surface area contributed by atoms with Crippen molar-refractivity contribution in [3.8, 4) is 0 Å². The number of hydrogen-bond donors (Lipinski definition) is 1. The second-order valence-corrected chi connectivity index (χ2v) is 8.41. The van der Waals surface area contributed by atoms with Gasteiger partial charge in [-0.05, 0) is 67.7 Å². The molecule has 1 heterocycles. The molecule has 0 aliphatic heterocycles. The van der Waals surface area contributed by atoms with E-state index in [0.29, 0.717) is 16.9 Å². The van der Waals surface area contributed by atoms with Crippen molar-refractivity contribution in [3.63, 3.8) is 0 Å². The lowest BCUT2D eigenvalue weighted by Gasteiger charge is -2.63. The highest BCUT2D eigenvalue weighted by Crippen LogP contribution is 2.68. The summed E-state index contributed by atoms with van der Waals surface area (Å²) in [5.74, 6) is 1.91. The molecule has 4 fully saturated rings. The first kappa shape index (κ1) is 13.7. The Morgan fingerprint density at radius 3 is 2.57 bits per heavy atom. The molecule has 1 aromatic heterocycles. The third kappa shape index (κ3) is 2.06. The fourth-order valence-electron chi connectivity index (χ4n) is 6.53. The number of rotatable bonds is 4. The lowest BCUT2D eigenvalue weighted by molar-refractivity contribution is -0.120. The minimum absolute atomic E-state index is 0.424. The second kappa shape index (κ2) is 4.55. The second-order valence-electron chi connectivity index (χ2n) is 8.41. The highest BCUT2D eigenvalue weighted by atomic mass is 15.4. The molecule has 4 heteroatoms. The zero-order valence-electron chi connectivity index (χ0n) is 13.6. The summed E-state index contributed by atoms with van der Waals surface area (Å²) in [6.45, 7) is 5.78. The molecule has 4 aliphatic rings. The van der Waals surface area contributed by atoms with Crippen molar-refractivity contribution in [1.29, 1.82) is 0 Å². The van der Waals surface area contributed by atoms with E-state index in [4.69, 9.17) is 0 Å². The largest absolute Gasteiger partial charge is 0.308 e. The zero-order chi connectivity index (χ0) is 14.7. The van der Waals surface area contributed by atoms with Gasteiger partial charge in [0.2, 0.25) is 0 Å². The Labute approximate surface area is 127 Å². The van der Waals surface area contributed by atoms with Gasteiger partial charge in [-0.2, -0.15) is 0 Å². The molecule has 0 radical (unpaired) electrons. The van der Waals surface area contributed by atoms with E-state index in [0.717, 1.165) is 18.4 Å². The molecule has 4 bridgehead atoms. The summed E-state index contributed by atoms with van der Waals surface area (Å²) in [7, 11) is 2.04. The van der Waals surface area contributed by atoms with E-state index in [9.17, 15) is 0 Å². The summed E-state index contributed by atoms with van der Waals surface area (Å²) >= 11 is 0. The molecular weight excluding hydrogens is 260 g/mol. The van der Waals surface area contributed by atoms with Crippen LogP contribution in [-0.4, -0.2) is 21.5 Å². The predicted octanol–water partition coefficient (Wildman–Crippen LogP) is 3.07. The third-order valence-electron chi connectivity index (χ3n) is 6.46. The molecule has 0 saturated heterocycles. The first-order chi connectivity index (χ1) is 10.0. The van der Waals surface area contributed by atoms with Gasteiger partial charge in [0.25, 0.3) is 0 Å². The number of hydrogen-bond acceptors (Lipinski definition) is 3. The van der Waals surface area contributed by atoms with Crippen molar-refractivity contribution < 1.29 is 0 Å². The van der Waals surface area contributed by atoms with Crippen LogP contribution in [0, 0.1) is 22.7 Å². The maximum absolute atomic E-state index is 4.19. The molecular formula is C17H28N4. The zero-order valence-corrected chi connectivity index (χ0v) is 13.6. The maximum atomic E-state index is 4.19. The molecule has 0 aromatic carbocycles. The number of nitrogens with one attached hydrogen (secondary N) is 1. The van der Waals surface area contributed by atoms with Crippen LogP contribution in [0.4, 0.5) is 0 Å². The average molecular weight is 288 g/mol. The van der Waals surface area contributed by atoms with Crippen LogP contribution in [-0.2, 0) is 7.05 Å². The van der Waals surface area contributed by atoms with Crippen molar-refractivity contribution in [2.24, 2.45) is 29.7 Å². The van der Waals surface area contributed by atoms with E-state index in [1.807, 2.05) is 17.9 Å². The van der Waals surface area contributed by atoms with Gasteiger partial charge in [-0.3, -0.25) is 4.68 Å². The number of nitrogens with zero attached hydrogens (tertiary/aromatic N) is 3. The minimum atomic E-state index is 0.424. The summed E-state index contributed by atoms with van der Waals surface area (Å²) in [6, 6.07) is 0.424. The molecule has 4 saturated carbocycles. The van der Waals surface area contributed by atoms with Crippen molar-refractivity contribution >= 4 is 0 Å². The normalized spacial score (nSPS) is 42.4. The van der Waals surface area contributed by atoms with Crippen molar-refractivity contribution in [1.82, 2.24) is 20.3 Å². The third-order valence-corrected chi connectivity index (χ3v) is 6.46. The Bertz CT molecular complexity index is 521. The van der Waals surface area contributed by atoms with E-state index in [1.165, 1.54) is 44.2 Å². The van der Waals surface area contributed by atoms with Crippen LogP contribution >= 0.6 is 0 Å². The summed E-state index contributed by atoms with van der Waals surface area (Å²) in [5.41, 5.74) is 2.30. The Balaban J connectivity index is 1.74. The molecule has 3 atom stereocenters. The van der Waals surface area contributed by atoms with Gasteiger partial charge >= 0.3 is 0 Å². The topological polar surface area (TPSA) is 42.7 Å². The van der Waals surface area contributed by atoms with Crippen molar-refractivity contribution in [3.05, 3.63) is 11.9 Å². The molecule has 1 aromatic rings. The molecule has 116 valence electrons. The number of aromatic nitrogens is 3. The standard InChI is InChI=1S/C17H28N4/c1-4-18-15(14-10-19-20-21(14)3)17-8-12-5-13(9-17)7-16(2,6-12)11-17/h10,12-13,15,18H,4-9,11H2,1-3H3. The van der Waals surface area contributed by atoms with E-state index in [-0.39, 0.29) is 0 Å². The van der Waals surface area contributed by atoms with Crippen LogP contribution in [0.25, 0.3) is 0 Å². The molecule has 0 amide bonds. The summed E-state index contributed by atoms with van der Waals surface area (Å²) in [4.78, 5) is 0. The van der Waals surface area contributed by atoms with Crippen LogP contribution in [0.15, 0.2) is 6.20 Å². The Kier molecular flexibility index (Phi) is 2.97. The molecule has 1 N–H and O–H groups in total. The smallest absolute Gasteiger partial charge is 0.0758 e. The van der Waals surface area contributed by atoms with Gasteiger partial charge in [0.1, 0.15) is 0 Å². The van der Waals surface area contributed by atoms with Gasteiger partial charge in [-0.15, -0.1) is 5.10 Å². The molecule has 4 aliphatic carbocycles. The highest BCUT2D eigenvalue weighted by Gasteiger charge is 2.58. The maximum Gasteiger partial charge on any atom is 0.0758 e. The summed E-state index contributed by atoms with van der Waals surface area (Å²) in [6.07, 6.45) is 10.6. The Hall–Kier alpha value is -0.900. The molecule has 0 spiro atoms.